The first-order valence-electron chi connectivity index (χ1n) is 16.3. The van der Waals surface area contributed by atoms with Gasteiger partial charge in [-0.05, 0) is 91.1 Å². The number of rotatable bonds is 6. The fourth-order valence-electron chi connectivity index (χ4n) is 8.72. The molecule has 2 N–H and O–H groups in total. The van der Waals surface area contributed by atoms with Crippen LogP contribution in [0.3, 0.4) is 0 Å². The number of hydrogen-bond donors (Lipinski definition) is 2. The second-order valence-corrected chi connectivity index (χ2v) is 13.6. The number of anilines is 2. The van der Waals surface area contributed by atoms with Crippen molar-refractivity contribution in [2.45, 2.75) is 24.2 Å². The quantitative estimate of drug-likeness (QED) is 0.178. The Balaban J connectivity index is 1.35. The molecule has 2 aliphatic carbocycles. The molecule has 1 saturated carbocycles. The number of fused-ring (bicyclic) bond motifs is 4. The molecule has 6 atom stereocenters. The molecule has 252 valence electrons. The SMILES string of the molecule is COc1ccc(O)c([C@H]2C3=CC[C@@H]4C(=O)N(c5ccccc5)C(=O)[C@@H]4[C@@H]3C[C@H]3C(=O)N(Nc4ccc(F)cc4)C(=O)[C@@]23c2ccc(Cl)cc2)c1. The lowest BCUT2D eigenvalue weighted by Crippen LogP contribution is -2.53. The van der Waals surface area contributed by atoms with Crippen LogP contribution in [-0.2, 0) is 24.6 Å². The van der Waals surface area contributed by atoms with Gasteiger partial charge in [0.15, 0.2) is 0 Å². The molecule has 2 saturated heterocycles. The summed E-state index contributed by atoms with van der Waals surface area (Å²) < 4.78 is 19.4. The van der Waals surface area contributed by atoms with Gasteiger partial charge in [-0.1, -0.05) is 53.6 Å². The Hall–Kier alpha value is -5.48. The van der Waals surface area contributed by atoms with E-state index in [0.717, 1.165) is 5.01 Å². The Kier molecular flexibility index (Phi) is 7.52. The van der Waals surface area contributed by atoms with Gasteiger partial charge in [-0.25, -0.2) is 4.39 Å². The molecule has 4 aromatic carbocycles. The highest BCUT2D eigenvalue weighted by Gasteiger charge is 2.70. The first kappa shape index (κ1) is 31.8. The molecule has 9 nitrogen and oxygen atoms in total. The number of allylic oxidation sites excluding steroid dienone is 2. The minimum atomic E-state index is -1.63. The number of carbonyl (C=O) groups excluding carboxylic acids is 4. The van der Waals surface area contributed by atoms with E-state index >= 15 is 4.79 Å². The van der Waals surface area contributed by atoms with Crippen molar-refractivity contribution in [3.8, 4) is 11.5 Å². The summed E-state index contributed by atoms with van der Waals surface area (Å²) in [6.07, 6.45) is 2.22. The largest absolute Gasteiger partial charge is 0.508 e. The lowest BCUT2D eigenvalue weighted by Gasteiger charge is -2.50. The number of halogens is 2. The van der Waals surface area contributed by atoms with Crippen molar-refractivity contribution >= 4 is 46.6 Å². The van der Waals surface area contributed by atoms with E-state index < -0.39 is 52.6 Å². The van der Waals surface area contributed by atoms with Gasteiger partial charge in [-0.2, -0.15) is 5.01 Å². The van der Waals surface area contributed by atoms with Crippen molar-refractivity contribution in [1.82, 2.24) is 5.01 Å². The number of phenols is 1. The lowest BCUT2D eigenvalue weighted by atomic mass is 9.49. The number of imide groups is 2. The molecule has 0 spiro atoms. The Labute approximate surface area is 291 Å². The van der Waals surface area contributed by atoms with Gasteiger partial charge in [0.2, 0.25) is 11.8 Å². The maximum atomic E-state index is 15.2. The number of aromatic hydroxyl groups is 1. The summed E-state index contributed by atoms with van der Waals surface area (Å²) in [6.45, 7) is 0. The maximum absolute atomic E-state index is 15.2. The van der Waals surface area contributed by atoms with Crippen LogP contribution in [0.4, 0.5) is 15.8 Å². The number of phenolic OH excluding ortho intramolecular Hbond substituents is 1. The molecule has 0 aromatic heterocycles. The Morgan fingerprint density at radius 2 is 1.60 bits per heavy atom. The molecule has 4 aliphatic rings. The number of methoxy groups -OCH3 is 1. The lowest BCUT2D eigenvalue weighted by molar-refractivity contribution is -0.138. The number of amides is 4. The van der Waals surface area contributed by atoms with Crippen LogP contribution >= 0.6 is 11.6 Å². The second kappa shape index (κ2) is 11.8. The molecule has 2 aliphatic heterocycles. The number of nitrogens with zero attached hydrogens (tertiary/aromatic N) is 2. The highest BCUT2D eigenvalue weighted by molar-refractivity contribution is 6.30. The van der Waals surface area contributed by atoms with Crippen molar-refractivity contribution in [3.63, 3.8) is 0 Å². The zero-order chi connectivity index (χ0) is 34.9. The van der Waals surface area contributed by atoms with Crippen LogP contribution in [-0.4, -0.2) is 40.9 Å². The molecular formula is C39H31ClFN3O6. The molecule has 4 amide bonds. The van der Waals surface area contributed by atoms with Crippen LogP contribution in [0.15, 0.2) is 109 Å². The topological polar surface area (TPSA) is 116 Å². The number of hydrazine groups is 1. The molecule has 2 heterocycles. The molecule has 0 unspecified atom stereocenters. The van der Waals surface area contributed by atoms with E-state index in [9.17, 15) is 23.9 Å². The Morgan fingerprint density at radius 1 is 0.880 bits per heavy atom. The van der Waals surface area contributed by atoms with Crippen molar-refractivity contribution in [2.24, 2.45) is 23.7 Å². The van der Waals surface area contributed by atoms with Crippen molar-refractivity contribution in [2.75, 3.05) is 17.4 Å². The average molecular weight is 692 g/mol. The summed E-state index contributed by atoms with van der Waals surface area (Å²) in [6, 6.07) is 25.5. The summed E-state index contributed by atoms with van der Waals surface area (Å²) >= 11 is 6.34. The summed E-state index contributed by atoms with van der Waals surface area (Å²) in [5, 5.41) is 12.9. The van der Waals surface area contributed by atoms with Crippen LogP contribution in [0.2, 0.25) is 5.02 Å². The maximum Gasteiger partial charge on any atom is 0.260 e. The van der Waals surface area contributed by atoms with Crippen molar-refractivity contribution < 1.29 is 33.4 Å². The monoisotopic (exact) mass is 691 g/mol. The van der Waals surface area contributed by atoms with E-state index in [1.807, 2.05) is 6.08 Å². The van der Waals surface area contributed by atoms with Crippen LogP contribution in [0.25, 0.3) is 0 Å². The smallest absolute Gasteiger partial charge is 0.260 e. The number of carbonyl (C=O) groups is 4. The molecule has 8 rings (SSSR count). The van der Waals surface area contributed by atoms with E-state index in [4.69, 9.17) is 16.3 Å². The summed E-state index contributed by atoms with van der Waals surface area (Å²) in [4.78, 5) is 59.4. The molecule has 0 radical (unpaired) electrons. The predicted octanol–water partition coefficient (Wildman–Crippen LogP) is 6.38. The number of para-hydroxylation sites is 1. The normalized spacial score (nSPS) is 27.1. The van der Waals surface area contributed by atoms with E-state index in [1.165, 1.54) is 42.3 Å². The summed E-state index contributed by atoms with van der Waals surface area (Å²) in [7, 11) is 1.49. The standard InChI is InChI=1S/C39H31ClFN3O6/c1-50-26-15-18-32(45)30(19-26)34-27-16-17-28-33(37(48)43(35(28)46)25-5-3-2-4-6-25)29(27)20-31-36(47)44(42-24-13-11-23(41)12-14-24)38(49)39(31,34)21-7-9-22(40)10-8-21/h2-16,18-19,28-29,31,33-34,42,45H,17,20H2,1H3/t28-,29+,31-,33-,34+,39+/m0/s1. The fourth-order valence-corrected chi connectivity index (χ4v) is 8.85. The summed E-state index contributed by atoms with van der Waals surface area (Å²) in [5.74, 6) is -6.13. The molecule has 3 fully saturated rings. The molecular weight excluding hydrogens is 661 g/mol. The Morgan fingerprint density at radius 3 is 2.30 bits per heavy atom. The third-order valence-corrected chi connectivity index (χ3v) is 11.1. The van der Waals surface area contributed by atoms with Crippen LogP contribution in [0, 0.1) is 29.5 Å². The fraction of sp³-hybridized carbons (Fsp3) is 0.231. The van der Waals surface area contributed by atoms with Gasteiger partial charge in [0.05, 0.1) is 41.7 Å². The molecule has 11 heteroatoms. The minimum Gasteiger partial charge on any atom is -0.508 e. The summed E-state index contributed by atoms with van der Waals surface area (Å²) in [5.41, 5.74) is 3.57. The van der Waals surface area contributed by atoms with E-state index in [-0.39, 0.29) is 30.4 Å². The van der Waals surface area contributed by atoms with Gasteiger partial charge >= 0.3 is 0 Å². The third kappa shape index (κ3) is 4.58. The van der Waals surface area contributed by atoms with Gasteiger partial charge < -0.3 is 9.84 Å². The molecule has 0 bridgehead atoms. The average Bonchev–Trinajstić information content (AvgIpc) is 3.51. The predicted molar refractivity (Wildman–Crippen MR) is 183 cm³/mol. The van der Waals surface area contributed by atoms with Crippen molar-refractivity contribution in [3.05, 3.63) is 131 Å². The van der Waals surface area contributed by atoms with Gasteiger partial charge in [-0.15, -0.1) is 0 Å². The van der Waals surface area contributed by atoms with Gasteiger partial charge in [0, 0.05) is 16.5 Å². The minimum absolute atomic E-state index is 0.0741. The van der Waals surface area contributed by atoms with Crippen LogP contribution in [0.5, 0.6) is 11.5 Å². The van der Waals surface area contributed by atoms with Gasteiger partial charge in [0.1, 0.15) is 17.3 Å². The third-order valence-electron chi connectivity index (χ3n) is 10.8. The molecule has 4 aromatic rings. The number of ether oxygens (including phenoxy) is 1. The van der Waals surface area contributed by atoms with E-state index in [2.05, 4.69) is 5.43 Å². The van der Waals surface area contributed by atoms with Crippen molar-refractivity contribution in [1.29, 1.82) is 0 Å². The Bertz CT molecular complexity index is 2090. The van der Waals surface area contributed by atoms with Gasteiger partial charge in [-0.3, -0.25) is 29.5 Å². The van der Waals surface area contributed by atoms with Crippen LogP contribution in [0.1, 0.15) is 29.9 Å². The zero-order valence-electron chi connectivity index (χ0n) is 26.8. The number of nitrogens with one attached hydrogen (secondary N) is 1. The number of hydrogen-bond acceptors (Lipinski definition) is 7. The van der Waals surface area contributed by atoms with E-state index in [1.54, 1.807) is 66.7 Å². The van der Waals surface area contributed by atoms with Crippen LogP contribution < -0.4 is 15.1 Å². The number of benzene rings is 4. The highest BCUT2D eigenvalue weighted by Crippen LogP contribution is 2.65. The molecule has 50 heavy (non-hydrogen) atoms. The zero-order valence-corrected chi connectivity index (χ0v) is 27.5. The second-order valence-electron chi connectivity index (χ2n) is 13.1. The first-order chi connectivity index (χ1) is 24.1. The van der Waals surface area contributed by atoms with E-state index in [0.29, 0.717) is 38.8 Å². The van der Waals surface area contributed by atoms with Gasteiger partial charge in [0.25, 0.3) is 11.8 Å². The highest BCUT2D eigenvalue weighted by atomic mass is 35.5. The first-order valence-corrected chi connectivity index (χ1v) is 16.7.